The van der Waals surface area contributed by atoms with E-state index in [-0.39, 0.29) is 31.2 Å². The van der Waals surface area contributed by atoms with Crippen molar-refractivity contribution in [1.82, 2.24) is 10.2 Å². The molecule has 0 aliphatic carbocycles. The van der Waals surface area contributed by atoms with Crippen LogP contribution in [-0.2, 0) is 14.4 Å². The fourth-order valence-electron chi connectivity index (χ4n) is 1.58. The summed E-state index contributed by atoms with van der Waals surface area (Å²) in [6.07, 6.45) is 0.142. The molecule has 0 unspecified atom stereocenters. The van der Waals surface area contributed by atoms with Gasteiger partial charge in [-0.3, -0.25) is 14.4 Å². The summed E-state index contributed by atoms with van der Waals surface area (Å²) in [5.41, 5.74) is -1.09. The van der Waals surface area contributed by atoms with Crippen LogP contribution in [0.15, 0.2) is 0 Å². The van der Waals surface area contributed by atoms with Gasteiger partial charge in [-0.05, 0) is 27.7 Å². The molecule has 6 nitrogen and oxygen atoms in total. The van der Waals surface area contributed by atoms with Gasteiger partial charge in [0.2, 0.25) is 11.8 Å². The topological polar surface area (TPSA) is 86.7 Å². The molecule has 2 N–H and O–H groups in total. The van der Waals surface area contributed by atoms with Crippen LogP contribution >= 0.6 is 0 Å². The first-order valence-corrected chi connectivity index (χ1v) is 6.52. The molecule has 6 heteroatoms. The second-order valence-corrected chi connectivity index (χ2v) is 5.03. The van der Waals surface area contributed by atoms with E-state index in [1.807, 2.05) is 13.8 Å². The number of carboxylic acid groups (broad SMARTS) is 1. The normalized spacial score (nSPS) is 10.9. The Labute approximate surface area is 114 Å². The highest BCUT2D eigenvalue weighted by atomic mass is 16.4. The maximum atomic E-state index is 11.7. The zero-order chi connectivity index (χ0) is 15.1. The highest BCUT2D eigenvalue weighted by Gasteiger charge is 2.29. The first kappa shape index (κ1) is 17.4. The van der Waals surface area contributed by atoms with Crippen molar-refractivity contribution >= 4 is 17.8 Å². The lowest BCUT2D eigenvalue weighted by Gasteiger charge is -2.20. The van der Waals surface area contributed by atoms with E-state index in [4.69, 9.17) is 5.11 Å². The predicted octanol–water partition coefficient (Wildman–Crippen LogP) is 0.862. The van der Waals surface area contributed by atoms with Gasteiger partial charge in [0.1, 0.15) is 0 Å². The lowest BCUT2D eigenvalue weighted by atomic mass is 9.89. The van der Waals surface area contributed by atoms with E-state index < -0.39 is 11.4 Å². The zero-order valence-corrected chi connectivity index (χ0v) is 12.2. The van der Waals surface area contributed by atoms with Crippen LogP contribution in [0.5, 0.6) is 0 Å². The van der Waals surface area contributed by atoms with Crippen molar-refractivity contribution < 1.29 is 19.5 Å². The van der Waals surface area contributed by atoms with Crippen LogP contribution in [0.25, 0.3) is 0 Å². The SMILES string of the molecule is CCN(CC)C(=O)CCNC(=O)CC(C)(C)C(=O)O. The molecule has 0 aromatic carbocycles. The third-order valence-corrected chi connectivity index (χ3v) is 2.96. The van der Waals surface area contributed by atoms with Crippen LogP contribution < -0.4 is 5.32 Å². The number of hydrogen-bond acceptors (Lipinski definition) is 3. The fourth-order valence-corrected chi connectivity index (χ4v) is 1.58. The Kier molecular flexibility index (Phi) is 7.11. The predicted molar refractivity (Wildman–Crippen MR) is 71.6 cm³/mol. The number of carboxylic acids is 1. The molecule has 0 aromatic heterocycles. The minimum absolute atomic E-state index is 0.0113. The number of nitrogens with one attached hydrogen (secondary N) is 1. The summed E-state index contributed by atoms with van der Waals surface area (Å²) in [4.78, 5) is 35.8. The molecule has 2 amide bonds. The Morgan fingerprint density at radius 1 is 1.16 bits per heavy atom. The molecule has 0 bridgehead atoms. The van der Waals surface area contributed by atoms with E-state index in [1.165, 1.54) is 13.8 Å². The van der Waals surface area contributed by atoms with Crippen molar-refractivity contribution in [1.29, 1.82) is 0 Å². The van der Waals surface area contributed by atoms with E-state index in [0.29, 0.717) is 13.1 Å². The first-order chi connectivity index (χ1) is 8.74. The van der Waals surface area contributed by atoms with Crippen molar-refractivity contribution in [3.05, 3.63) is 0 Å². The number of rotatable bonds is 8. The van der Waals surface area contributed by atoms with Gasteiger partial charge >= 0.3 is 5.97 Å². The molecule has 0 aliphatic rings. The average Bonchev–Trinajstić information content (AvgIpc) is 2.29. The average molecular weight is 272 g/mol. The molecule has 0 heterocycles. The number of aliphatic carboxylic acids is 1. The van der Waals surface area contributed by atoms with E-state index in [1.54, 1.807) is 4.90 Å². The van der Waals surface area contributed by atoms with Gasteiger partial charge in [0.25, 0.3) is 0 Å². The summed E-state index contributed by atoms with van der Waals surface area (Å²) in [5, 5.41) is 11.5. The van der Waals surface area contributed by atoms with E-state index in [0.717, 1.165) is 0 Å². The molecule has 0 atom stereocenters. The Morgan fingerprint density at radius 3 is 2.11 bits per heavy atom. The Morgan fingerprint density at radius 2 is 1.68 bits per heavy atom. The molecule has 0 rings (SSSR count). The minimum atomic E-state index is -1.09. The fraction of sp³-hybridized carbons (Fsp3) is 0.769. The van der Waals surface area contributed by atoms with E-state index in [9.17, 15) is 14.4 Å². The van der Waals surface area contributed by atoms with Crippen molar-refractivity contribution in [2.75, 3.05) is 19.6 Å². The number of amides is 2. The Bertz CT molecular complexity index is 336. The smallest absolute Gasteiger partial charge is 0.309 e. The van der Waals surface area contributed by atoms with Crippen molar-refractivity contribution in [2.24, 2.45) is 5.41 Å². The van der Waals surface area contributed by atoms with Gasteiger partial charge < -0.3 is 15.3 Å². The maximum Gasteiger partial charge on any atom is 0.309 e. The van der Waals surface area contributed by atoms with Crippen molar-refractivity contribution in [2.45, 2.75) is 40.5 Å². The number of carbonyl (C=O) groups excluding carboxylic acids is 2. The molecule has 0 saturated carbocycles. The summed E-state index contributed by atoms with van der Waals surface area (Å²) in [6, 6.07) is 0. The summed E-state index contributed by atoms with van der Waals surface area (Å²) in [7, 11) is 0. The van der Waals surface area contributed by atoms with Crippen molar-refractivity contribution in [3.63, 3.8) is 0 Å². The second-order valence-electron chi connectivity index (χ2n) is 5.03. The van der Waals surface area contributed by atoms with Gasteiger partial charge in [-0.1, -0.05) is 0 Å². The molecule has 0 aliphatic heterocycles. The summed E-state index contributed by atoms with van der Waals surface area (Å²) >= 11 is 0. The Hall–Kier alpha value is -1.59. The van der Waals surface area contributed by atoms with Crippen LogP contribution in [0.1, 0.15) is 40.5 Å². The molecule has 110 valence electrons. The summed E-state index contributed by atoms with van der Waals surface area (Å²) < 4.78 is 0. The maximum absolute atomic E-state index is 11.7. The third-order valence-electron chi connectivity index (χ3n) is 2.96. The first-order valence-electron chi connectivity index (χ1n) is 6.52. The van der Waals surface area contributed by atoms with Crippen molar-refractivity contribution in [3.8, 4) is 0 Å². The van der Waals surface area contributed by atoms with Crippen LogP contribution in [0.3, 0.4) is 0 Å². The molecule has 0 radical (unpaired) electrons. The largest absolute Gasteiger partial charge is 0.481 e. The number of hydrogen-bond donors (Lipinski definition) is 2. The van der Waals surface area contributed by atoms with Crippen LogP contribution in [-0.4, -0.2) is 47.4 Å². The van der Waals surface area contributed by atoms with Crippen LogP contribution in [0.2, 0.25) is 0 Å². The Balaban J connectivity index is 4.06. The summed E-state index contributed by atoms with van der Waals surface area (Å²) in [5.74, 6) is -1.37. The second kappa shape index (κ2) is 7.76. The zero-order valence-electron chi connectivity index (χ0n) is 12.2. The third kappa shape index (κ3) is 6.22. The van der Waals surface area contributed by atoms with Gasteiger partial charge in [0.15, 0.2) is 0 Å². The molecule has 0 aromatic rings. The van der Waals surface area contributed by atoms with Gasteiger partial charge in [0.05, 0.1) is 5.41 Å². The number of nitrogens with zero attached hydrogens (tertiary/aromatic N) is 1. The molecule has 0 saturated heterocycles. The van der Waals surface area contributed by atoms with Gasteiger partial charge in [0, 0.05) is 32.5 Å². The van der Waals surface area contributed by atoms with Crippen LogP contribution in [0.4, 0.5) is 0 Å². The van der Waals surface area contributed by atoms with E-state index >= 15 is 0 Å². The monoisotopic (exact) mass is 272 g/mol. The lowest BCUT2D eigenvalue weighted by Crippen LogP contribution is -2.36. The highest BCUT2D eigenvalue weighted by molar-refractivity contribution is 5.84. The quantitative estimate of drug-likeness (QED) is 0.686. The van der Waals surface area contributed by atoms with Gasteiger partial charge in [-0.2, -0.15) is 0 Å². The highest BCUT2D eigenvalue weighted by Crippen LogP contribution is 2.19. The molecular weight excluding hydrogens is 248 g/mol. The van der Waals surface area contributed by atoms with E-state index in [2.05, 4.69) is 5.32 Å². The molecule has 0 fully saturated rings. The minimum Gasteiger partial charge on any atom is -0.481 e. The lowest BCUT2D eigenvalue weighted by molar-refractivity contribution is -0.149. The standard InChI is InChI=1S/C13H24N2O4/c1-5-15(6-2)11(17)7-8-14-10(16)9-13(3,4)12(18)19/h5-9H2,1-4H3,(H,14,16)(H,18,19). The van der Waals surface area contributed by atoms with Gasteiger partial charge in [-0.15, -0.1) is 0 Å². The molecule has 0 spiro atoms. The molecular formula is C13H24N2O4. The number of carbonyl (C=O) groups is 3. The molecule has 19 heavy (non-hydrogen) atoms. The summed E-state index contributed by atoms with van der Waals surface area (Å²) in [6.45, 7) is 8.32. The van der Waals surface area contributed by atoms with Crippen LogP contribution in [0, 0.1) is 5.41 Å². The van der Waals surface area contributed by atoms with Gasteiger partial charge in [-0.25, -0.2) is 0 Å².